The molecule has 1 atom stereocenters. The fraction of sp³-hybridized carbons (Fsp3) is 0.750. The summed E-state index contributed by atoms with van der Waals surface area (Å²) in [6.07, 6.45) is -0.409. The van der Waals surface area contributed by atoms with Crippen LogP contribution in [0, 0.1) is 0 Å². The average molecular weight is 261 g/mol. The van der Waals surface area contributed by atoms with Crippen molar-refractivity contribution in [2.45, 2.75) is 51.8 Å². The molecule has 0 amide bonds. The Morgan fingerprint density at radius 2 is 2.06 bits per heavy atom. The lowest BCUT2D eigenvalue weighted by Crippen LogP contribution is -2.31. The zero-order valence-electron chi connectivity index (χ0n) is 10.8. The number of hydrogen-bond acceptors (Lipinski definition) is 3. The number of hydrogen-bond donors (Lipinski definition) is 2. The summed E-state index contributed by atoms with van der Waals surface area (Å²) in [4.78, 5) is 0. The highest BCUT2D eigenvalue weighted by Gasteiger charge is 2.16. The average Bonchev–Trinajstić information content (AvgIpc) is 2.79. The van der Waals surface area contributed by atoms with E-state index in [9.17, 15) is 8.78 Å². The molecular weight excluding hydrogens is 240 g/mol. The summed E-state index contributed by atoms with van der Waals surface area (Å²) in [6.45, 7) is 4.46. The first-order valence-corrected chi connectivity index (χ1v) is 6.29. The molecule has 0 bridgehead atoms. The van der Waals surface area contributed by atoms with Crippen LogP contribution in [0.25, 0.3) is 0 Å². The van der Waals surface area contributed by atoms with Gasteiger partial charge in [0.1, 0.15) is 6.10 Å². The summed E-state index contributed by atoms with van der Waals surface area (Å²) in [5, 5.41) is 16.1. The van der Waals surface area contributed by atoms with Gasteiger partial charge in [0.25, 0.3) is 6.43 Å². The first-order valence-electron chi connectivity index (χ1n) is 6.29. The number of aliphatic hydroxyl groups excluding tert-OH is 1. The molecule has 0 radical (unpaired) electrons. The first kappa shape index (κ1) is 15.0. The fourth-order valence-electron chi connectivity index (χ4n) is 1.78. The Kier molecular flexibility index (Phi) is 6.21. The summed E-state index contributed by atoms with van der Waals surface area (Å²) in [7, 11) is 0. The van der Waals surface area contributed by atoms with Crippen LogP contribution >= 0.6 is 0 Å². The second-order valence-electron chi connectivity index (χ2n) is 4.29. The summed E-state index contributed by atoms with van der Waals surface area (Å²) in [5.74, 6) is 0. The van der Waals surface area contributed by atoms with Gasteiger partial charge in [0.15, 0.2) is 0 Å². The molecule has 0 saturated carbocycles. The third kappa shape index (κ3) is 4.34. The Bertz CT molecular complexity index is 340. The van der Waals surface area contributed by atoms with Gasteiger partial charge in [0, 0.05) is 19.3 Å². The number of rotatable bonds is 8. The van der Waals surface area contributed by atoms with Gasteiger partial charge in [-0.1, -0.05) is 13.8 Å². The van der Waals surface area contributed by atoms with Crippen molar-refractivity contribution in [2.24, 2.45) is 0 Å². The highest BCUT2D eigenvalue weighted by atomic mass is 19.3. The fourth-order valence-corrected chi connectivity index (χ4v) is 1.78. The normalized spacial score (nSPS) is 13.5. The van der Waals surface area contributed by atoms with Crippen LogP contribution in [0.1, 0.15) is 38.4 Å². The van der Waals surface area contributed by atoms with Gasteiger partial charge in [0.05, 0.1) is 11.7 Å². The maximum atomic E-state index is 12.0. The molecule has 2 N–H and O–H groups in total. The molecule has 1 unspecified atom stereocenters. The number of nitrogens with zero attached hydrogens (tertiary/aromatic N) is 2. The minimum atomic E-state index is -2.71. The highest BCUT2D eigenvalue weighted by molar-refractivity contribution is 4.99. The van der Waals surface area contributed by atoms with Crippen molar-refractivity contribution in [2.75, 3.05) is 6.54 Å². The van der Waals surface area contributed by atoms with Crippen LogP contribution in [-0.2, 0) is 6.54 Å². The molecule has 1 heterocycles. The molecule has 0 aliphatic carbocycles. The highest BCUT2D eigenvalue weighted by Crippen LogP contribution is 2.14. The van der Waals surface area contributed by atoms with Crippen molar-refractivity contribution in [3.05, 3.63) is 18.0 Å². The Balaban J connectivity index is 2.40. The van der Waals surface area contributed by atoms with Gasteiger partial charge in [-0.05, 0) is 18.9 Å². The van der Waals surface area contributed by atoms with Gasteiger partial charge in [0.2, 0.25) is 0 Å². The van der Waals surface area contributed by atoms with Crippen LogP contribution in [0.3, 0.4) is 0 Å². The smallest absolute Gasteiger partial charge is 0.265 e. The molecule has 0 aliphatic rings. The molecule has 0 aromatic carbocycles. The zero-order valence-corrected chi connectivity index (χ0v) is 10.8. The van der Waals surface area contributed by atoms with Crippen molar-refractivity contribution >= 4 is 0 Å². The molecule has 0 spiro atoms. The molecule has 1 aromatic rings. The summed E-state index contributed by atoms with van der Waals surface area (Å²) in [6, 6.07) is 2.24. The van der Waals surface area contributed by atoms with Crippen LogP contribution < -0.4 is 5.32 Å². The van der Waals surface area contributed by atoms with Gasteiger partial charge in [-0.15, -0.1) is 0 Å². The SMILES string of the molecule is CCC(CC)n1ccc(CNCC(O)C(F)F)n1. The van der Waals surface area contributed by atoms with E-state index >= 15 is 0 Å². The maximum Gasteiger partial charge on any atom is 0.265 e. The van der Waals surface area contributed by atoms with E-state index < -0.39 is 12.5 Å². The zero-order chi connectivity index (χ0) is 13.5. The molecule has 0 saturated heterocycles. The number of alkyl halides is 2. The molecule has 0 aliphatic heterocycles. The van der Waals surface area contributed by atoms with Gasteiger partial charge in [-0.25, -0.2) is 8.78 Å². The third-order valence-corrected chi connectivity index (χ3v) is 2.93. The molecule has 1 rings (SSSR count). The predicted octanol–water partition coefficient (Wildman–Crippen LogP) is 1.96. The van der Waals surface area contributed by atoms with Gasteiger partial charge >= 0.3 is 0 Å². The third-order valence-electron chi connectivity index (χ3n) is 2.93. The molecule has 18 heavy (non-hydrogen) atoms. The van der Waals surface area contributed by atoms with E-state index in [4.69, 9.17) is 5.11 Å². The first-order chi connectivity index (χ1) is 8.58. The van der Waals surface area contributed by atoms with E-state index in [-0.39, 0.29) is 6.54 Å². The Morgan fingerprint density at radius 1 is 1.39 bits per heavy atom. The van der Waals surface area contributed by atoms with E-state index in [1.54, 1.807) is 0 Å². The lowest BCUT2D eigenvalue weighted by Gasteiger charge is -2.12. The van der Waals surface area contributed by atoms with Crippen molar-refractivity contribution < 1.29 is 13.9 Å². The molecule has 0 fully saturated rings. The maximum absolute atomic E-state index is 12.0. The van der Waals surface area contributed by atoms with Crippen LogP contribution in [0.2, 0.25) is 0 Å². The Labute approximate surface area is 106 Å². The van der Waals surface area contributed by atoms with Crippen molar-refractivity contribution in [3.8, 4) is 0 Å². The van der Waals surface area contributed by atoms with Gasteiger partial charge in [-0.3, -0.25) is 4.68 Å². The van der Waals surface area contributed by atoms with E-state index in [0.717, 1.165) is 18.5 Å². The lowest BCUT2D eigenvalue weighted by atomic mass is 10.2. The van der Waals surface area contributed by atoms with E-state index in [1.165, 1.54) is 0 Å². The number of nitrogens with one attached hydrogen (secondary N) is 1. The van der Waals surface area contributed by atoms with Crippen molar-refractivity contribution in [1.29, 1.82) is 0 Å². The van der Waals surface area contributed by atoms with E-state index in [1.807, 2.05) is 16.9 Å². The predicted molar refractivity (Wildman–Crippen MR) is 65.6 cm³/mol. The van der Waals surface area contributed by atoms with Gasteiger partial charge in [-0.2, -0.15) is 5.10 Å². The lowest BCUT2D eigenvalue weighted by molar-refractivity contribution is -0.00345. The van der Waals surface area contributed by atoms with Gasteiger partial charge < -0.3 is 10.4 Å². The standard InChI is InChI=1S/C12H21F2N3O/c1-3-10(4-2)17-6-5-9(16-17)7-15-8-11(18)12(13)14/h5-6,10-12,15,18H,3-4,7-8H2,1-2H3. The van der Waals surface area contributed by atoms with Crippen molar-refractivity contribution in [3.63, 3.8) is 0 Å². The van der Waals surface area contributed by atoms with Crippen LogP contribution in [-0.4, -0.2) is 34.0 Å². The summed E-state index contributed by atoms with van der Waals surface area (Å²) >= 11 is 0. The second kappa shape index (κ2) is 7.43. The quantitative estimate of drug-likeness (QED) is 0.752. The van der Waals surface area contributed by atoms with Crippen LogP contribution in [0.15, 0.2) is 12.3 Å². The number of halogens is 2. The Hall–Kier alpha value is -1.01. The molecule has 6 heteroatoms. The number of aromatic nitrogens is 2. The molecular formula is C12H21F2N3O. The Morgan fingerprint density at radius 3 is 2.61 bits per heavy atom. The molecule has 1 aromatic heterocycles. The largest absolute Gasteiger partial charge is 0.386 e. The monoisotopic (exact) mass is 261 g/mol. The minimum Gasteiger partial charge on any atom is -0.386 e. The van der Waals surface area contributed by atoms with Crippen LogP contribution in [0.5, 0.6) is 0 Å². The number of aliphatic hydroxyl groups is 1. The van der Waals surface area contributed by atoms with E-state index in [0.29, 0.717) is 12.6 Å². The topological polar surface area (TPSA) is 50.1 Å². The summed E-state index contributed by atoms with van der Waals surface area (Å²) < 4.78 is 26.0. The molecule has 4 nitrogen and oxygen atoms in total. The van der Waals surface area contributed by atoms with Crippen LogP contribution in [0.4, 0.5) is 8.78 Å². The minimum absolute atomic E-state index is 0.129. The van der Waals surface area contributed by atoms with Crippen molar-refractivity contribution in [1.82, 2.24) is 15.1 Å². The van der Waals surface area contributed by atoms with E-state index in [2.05, 4.69) is 24.3 Å². The molecule has 104 valence electrons. The second-order valence-corrected chi connectivity index (χ2v) is 4.29. The summed E-state index contributed by atoms with van der Waals surface area (Å²) in [5.41, 5.74) is 0.795.